The van der Waals surface area contributed by atoms with Gasteiger partial charge in [0.15, 0.2) is 11.0 Å². The smallest absolute Gasteiger partial charge is 0.324 e. The van der Waals surface area contributed by atoms with Crippen molar-refractivity contribution >= 4 is 35.0 Å². The largest absolute Gasteiger partial charge is 0.416 e. The lowest BCUT2D eigenvalue weighted by Gasteiger charge is -2.12. The molecule has 0 aliphatic heterocycles. The van der Waals surface area contributed by atoms with Crippen LogP contribution in [0.2, 0.25) is 5.02 Å². The van der Waals surface area contributed by atoms with Gasteiger partial charge in [-0.3, -0.25) is 4.79 Å². The van der Waals surface area contributed by atoms with Crippen LogP contribution >= 0.6 is 23.4 Å². The molecular weight excluding hydrogens is 437 g/mol. The highest BCUT2D eigenvalue weighted by molar-refractivity contribution is 7.99. The van der Waals surface area contributed by atoms with Crippen LogP contribution in [0.15, 0.2) is 47.6 Å². The van der Waals surface area contributed by atoms with Gasteiger partial charge in [0, 0.05) is 12.1 Å². The molecule has 10 heteroatoms. The number of carbonyl (C=O) groups excluding carboxylic acids is 1. The van der Waals surface area contributed by atoms with Crippen LogP contribution in [0, 0.1) is 6.92 Å². The molecule has 1 heterocycles. The second-order valence-corrected chi connectivity index (χ2v) is 7.74. The first-order chi connectivity index (χ1) is 14.2. The van der Waals surface area contributed by atoms with Gasteiger partial charge in [0.05, 0.1) is 22.0 Å². The molecule has 0 saturated carbocycles. The Labute approximate surface area is 180 Å². The van der Waals surface area contributed by atoms with Gasteiger partial charge in [0.1, 0.15) is 0 Å². The summed E-state index contributed by atoms with van der Waals surface area (Å²) in [6, 6.07) is 10.6. The lowest BCUT2D eigenvalue weighted by molar-refractivity contribution is -0.137. The van der Waals surface area contributed by atoms with E-state index in [1.807, 2.05) is 42.7 Å². The molecule has 1 aromatic heterocycles. The number of halogens is 4. The SMILES string of the molecule is CCn1c(SCC(=O)Nc2cc(C(F)(F)F)ccc2Cl)nnc1-c1ccccc1C. The van der Waals surface area contributed by atoms with E-state index in [9.17, 15) is 18.0 Å². The van der Waals surface area contributed by atoms with Crippen molar-refractivity contribution < 1.29 is 18.0 Å². The minimum atomic E-state index is -4.53. The van der Waals surface area contributed by atoms with Gasteiger partial charge < -0.3 is 9.88 Å². The van der Waals surface area contributed by atoms with Crippen molar-refractivity contribution in [3.63, 3.8) is 0 Å². The molecular formula is C20H18ClF3N4OS. The van der Waals surface area contributed by atoms with Gasteiger partial charge in [-0.25, -0.2) is 0 Å². The Hall–Kier alpha value is -2.52. The van der Waals surface area contributed by atoms with Crippen LogP contribution in [0.3, 0.4) is 0 Å². The Morgan fingerprint density at radius 3 is 2.60 bits per heavy atom. The molecule has 0 bridgehead atoms. The number of amides is 1. The van der Waals surface area contributed by atoms with Crippen molar-refractivity contribution in [2.45, 2.75) is 31.7 Å². The molecule has 0 radical (unpaired) electrons. The second-order valence-electron chi connectivity index (χ2n) is 6.39. The number of carbonyl (C=O) groups is 1. The fourth-order valence-electron chi connectivity index (χ4n) is 2.82. The Morgan fingerprint density at radius 1 is 1.20 bits per heavy atom. The van der Waals surface area contributed by atoms with Crippen LogP contribution in [0.25, 0.3) is 11.4 Å². The Balaban J connectivity index is 1.72. The maximum absolute atomic E-state index is 12.9. The van der Waals surface area contributed by atoms with Crippen molar-refractivity contribution in [2.75, 3.05) is 11.1 Å². The van der Waals surface area contributed by atoms with Gasteiger partial charge >= 0.3 is 6.18 Å². The summed E-state index contributed by atoms with van der Waals surface area (Å²) in [7, 11) is 0. The lowest BCUT2D eigenvalue weighted by Crippen LogP contribution is -2.16. The Morgan fingerprint density at radius 2 is 1.93 bits per heavy atom. The minimum absolute atomic E-state index is 0.0277. The van der Waals surface area contributed by atoms with Crippen LogP contribution in [0.1, 0.15) is 18.1 Å². The van der Waals surface area contributed by atoms with Gasteiger partial charge in [-0.15, -0.1) is 10.2 Å². The average Bonchev–Trinajstić information content (AvgIpc) is 3.10. The molecule has 0 aliphatic carbocycles. The number of anilines is 1. The van der Waals surface area contributed by atoms with Crippen LogP contribution in [0.5, 0.6) is 0 Å². The van der Waals surface area contributed by atoms with E-state index >= 15 is 0 Å². The molecule has 0 fully saturated rings. The first-order valence-corrected chi connectivity index (χ1v) is 10.4. The number of hydrogen-bond donors (Lipinski definition) is 1. The van der Waals surface area contributed by atoms with Crippen molar-refractivity contribution in [1.82, 2.24) is 14.8 Å². The van der Waals surface area contributed by atoms with Crippen LogP contribution in [0.4, 0.5) is 18.9 Å². The van der Waals surface area contributed by atoms with Gasteiger partial charge in [0.2, 0.25) is 5.91 Å². The van der Waals surface area contributed by atoms with Gasteiger partial charge in [-0.1, -0.05) is 47.6 Å². The maximum Gasteiger partial charge on any atom is 0.416 e. The first-order valence-electron chi connectivity index (χ1n) is 8.99. The van der Waals surface area contributed by atoms with Crippen molar-refractivity contribution in [2.24, 2.45) is 0 Å². The molecule has 5 nitrogen and oxygen atoms in total. The summed E-state index contributed by atoms with van der Waals surface area (Å²) in [5.74, 6) is 0.141. The number of alkyl halides is 3. The van der Waals surface area contributed by atoms with Crippen LogP contribution in [-0.4, -0.2) is 26.4 Å². The van der Waals surface area contributed by atoms with Gasteiger partial charge in [0.25, 0.3) is 0 Å². The summed E-state index contributed by atoms with van der Waals surface area (Å²) in [6.07, 6.45) is -4.53. The third kappa shape index (κ3) is 4.96. The normalized spacial score (nSPS) is 11.5. The quantitative estimate of drug-likeness (QED) is 0.487. The number of benzene rings is 2. The van der Waals surface area contributed by atoms with Gasteiger partial charge in [-0.2, -0.15) is 13.2 Å². The summed E-state index contributed by atoms with van der Waals surface area (Å²) in [5, 5.41) is 11.4. The number of nitrogens with zero attached hydrogens (tertiary/aromatic N) is 3. The summed E-state index contributed by atoms with van der Waals surface area (Å²) >= 11 is 7.07. The Kier molecular flexibility index (Phi) is 6.72. The third-order valence-electron chi connectivity index (χ3n) is 4.32. The van der Waals surface area contributed by atoms with Crippen molar-refractivity contribution in [1.29, 1.82) is 0 Å². The van der Waals surface area contributed by atoms with Crippen molar-refractivity contribution in [3.8, 4) is 11.4 Å². The summed E-state index contributed by atoms with van der Waals surface area (Å²) in [4.78, 5) is 12.3. The number of thioether (sulfide) groups is 1. The molecule has 158 valence electrons. The Bertz CT molecular complexity index is 1070. The monoisotopic (exact) mass is 454 g/mol. The zero-order chi connectivity index (χ0) is 21.9. The average molecular weight is 455 g/mol. The number of rotatable bonds is 6. The summed E-state index contributed by atoms with van der Waals surface area (Å²) < 4.78 is 40.5. The standard InChI is InChI=1S/C20H18ClF3N4OS/c1-3-28-18(14-7-5-4-6-12(14)2)26-27-19(28)30-11-17(29)25-16-10-13(20(22,23)24)8-9-15(16)21/h4-10H,3,11H2,1-2H3,(H,25,29). The van der Waals surface area contributed by atoms with Crippen molar-refractivity contribution in [3.05, 3.63) is 58.6 Å². The zero-order valence-electron chi connectivity index (χ0n) is 16.1. The molecule has 0 spiro atoms. The van der Waals surface area contributed by atoms with Crippen LogP contribution in [-0.2, 0) is 17.5 Å². The highest BCUT2D eigenvalue weighted by Gasteiger charge is 2.31. The predicted octanol–water partition coefficient (Wildman–Crippen LogP) is 5.68. The summed E-state index contributed by atoms with van der Waals surface area (Å²) in [6.45, 7) is 4.51. The lowest BCUT2D eigenvalue weighted by atomic mass is 10.1. The number of aromatic nitrogens is 3. The fraction of sp³-hybridized carbons (Fsp3) is 0.250. The van der Waals surface area contributed by atoms with E-state index in [2.05, 4.69) is 15.5 Å². The molecule has 1 N–H and O–H groups in total. The number of nitrogens with one attached hydrogen (secondary N) is 1. The maximum atomic E-state index is 12.9. The molecule has 1 amide bonds. The first kappa shape index (κ1) is 22.2. The molecule has 3 rings (SSSR count). The number of aryl methyl sites for hydroxylation is 1. The van der Waals surface area contributed by atoms with E-state index in [-0.39, 0.29) is 16.5 Å². The van der Waals surface area contributed by atoms with E-state index in [0.717, 1.165) is 41.1 Å². The van der Waals surface area contributed by atoms with E-state index in [1.54, 1.807) is 0 Å². The molecule has 3 aromatic rings. The molecule has 2 aromatic carbocycles. The molecule has 30 heavy (non-hydrogen) atoms. The van der Waals surface area contributed by atoms with Gasteiger partial charge in [-0.05, 0) is 37.6 Å². The highest BCUT2D eigenvalue weighted by atomic mass is 35.5. The predicted molar refractivity (Wildman–Crippen MR) is 112 cm³/mol. The second kappa shape index (κ2) is 9.09. The molecule has 0 unspecified atom stereocenters. The molecule has 0 saturated heterocycles. The molecule has 0 atom stereocenters. The molecule has 0 aliphatic rings. The van der Waals surface area contributed by atoms with E-state index < -0.39 is 17.6 Å². The minimum Gasteiger partial charge on any atom is -0.324 e. The zero-order valence-corrected chi connectivity index (χ0v) is 17.7. The van der Waals surface area contributed by atoms with E-state index in [0.29, 0.717) is 17.5 Å². The number of hydrogen-bond acceptors (Lipinski definition) is 4. The van der Waals surface area contributed by atoms with E-state index in [1.165, 1.54) is 0 Å². The summed E-state index contributed by atoms with van der Waals surface area (Å²) in [5.41, 5.74) is 1.02. The third-order valence-corrected chi connectivity index (χ3v) is 5.62. The van der Waals surface area contributed by atoms with E-state index in [4.69, 9.17) is 11.6 Å². The topological polar surface area (TPSA) is 59.8 Å². The fourth-order valence-corrected chi connectivity index (χ4v) is 3.78. The van der Waals surface area contributed by atoms with Crippen LogP contribution < -0.4 is 5.32 Å². The highest BCUT2D eigenvalue weighted by Crippen LogP contribution is 2.34.